The largest absolute Gasteiger partial charge is 0.498 e. The summed E-state index contributed by atoms with van der Waals surface area (Å²) in [7, 11) is -0.406. The number of fused-ring (bicyclic) bond motifs is 1. The Morgan fingerprint density at radius 3 is 2.42 bits per heavy atom. The van der Waals surface area contributed by atoms with E-state index in [1.54, 1.807) is 6.33 Å². The van der Waals surface area contributed by atoms with Gasteiger partial charge in [0.25, 0.3) is 0 Å². The van der Waals surface area contributed by atoms with Crippen molar-refractivity contribution < 1.29 is 9.31 Å². The zero-order valence-corrected chi connectivity index (χ0v) is 12.0. The second-order valence-corrected chi connectivity index (χ2v) is 6.12. The molecule has 19 heavy (non-hydrogen) atoms. The number of aromatic nitrogens is 3. The van der Waals surface area contributed by atoms with Crippen molar-refractivity contribution in [2.75, 3.05) is 0 Å². The highest BCUT2D eigenvalue weighted by molar-refractivity contribution is 6.64. The molecule has 0 aliphatic carbocycles. The van der Waals surface area contributed by atoms with Crippen molar-refractivity contribution in [3.63, 3.8) is 0 Å². The first-order chi connectivity index (χ1) is 8.80. The summed E-state index contributed by atoms with van der Waals surface area (Å²) in [5.74, 6) is 0. The Kier molecular flexibility index (Phi) is 2.53. The number of rotatable bonds is 1. The van der Waals surface area contributed by atoms with Crippen LogP contribution in [0.5, 0.6) is 0 Å². The van der Waals surface area contributed by atoms with E-state index in [9.17, 15) is 0 Å². The molecule has 0 N–H and O–H groups in total. The molecule has 100 valence electrons. The van der Waals surface area contributed by atoms with Crippen LogP contribution in [0.15, 0.2) is 18.6 Å². The third-order valence-electron chi connectivity index (χ3n) is 4.06. The fraction of sp³-hybridized carbons (Fsp3) is 0.538. The molecule has 1 saturated heterocycles. The first-order valence-corrected chi connectivity index (χ1v) is 6.46. The van der Waals surface area contributed by atoms with Crippen LogP contribution in [0.3, 0.4) is 0 Å². The standard InChI is InChI=1S/C13H18BN3O2/c1-9-6-10(11-16-15-8-17(11)7-9)14-18-12(2,3)13(4,5)19-14/h6-8H,1-5H3. The van der Waals surface area contributed by atoms with E-state index in [4.69, 9.17) is 9.31 Å². The van der Waals surface area contributed by atoms with Gasteiger partial charge in [0, 0.05) is 11.7 Å². The van der Waals surface area contributed by atoms with Crippen LogP contribution in [0.25, 0.3) is 5.65 Å². The predicted molar refractivity (Wildman–Crippen MR) is 73.4 cm³/mol. The van der Waals surface area contributed by atoms with Crippen molar-refractivity contribution in [3.8, 4) is 0 Å². The summed E-state index contributed by atoms with van der Waals surface area (Å²) < 4.78 is 14.1. The Hall–Kier alpha value is -1.40. The van der Waals surface area contributed by atoms with Gasteiger partial charge in [-0.2, -0.15) is 0 Å². The van der Waals surface area contributed by atoms with Gasteiger partial charge in [0.2, 0.25) is 0 Å². The van der Waals surface area contributed by atoms with Crippen molar-refractivity contribution in [3.05, 3.63) is 24.2 Å². The normalized spacial score (nSPS) is 21.2. The van der Waals surface area contributed by atoms with Gasteiger partial charge in [-0.25, -0.2) is 0 Å². The zero-order valence-electron chi connectivity index (χ0n) is 12.0. The molecule has 2 aromatic rings. The molecular formula is C13H18BN3O2. The Balaban J connectivity index is 2.09. The lowest BCUT2D eigenvalue weighted by Crippen LogP contribution is -2.41. The van der Waals surface area contributed by atoms with Crippen LogP contribution in [0.1, 0.15) is 33.3 Å². The first kappa shape index (κ1) is 12.6. The second kappa shape index (κ2) is 3.80. The summed E-state index contributed by atoms with van der Waals surface area (Å²) >= 11 is 0. The summed E-state index contributed by atoms with van der Waals surface area (Å²) in [6.07, 6.45) is 3.68. The number of pyridine rings is 1. The zero-order chi connectivity index (χ0) is 13.8. The molecular weight excluding hydrogens is 241 g/mol. The lowest BCUT2D eigenvalue weighted by Gasteiger charge is -2.32. The van der Waals surface area contributed by atoms with Crippen LogP contribution in [-0.4, -0.2) is 32.9 Å². The van der Waals surface area contributed by atoms with Crippen LogP contribution >= 0.6 is 0 Å². The highest BCUT2D eigenvalue weighted by atomic mass is 16.7. The highest BCUT2D eigenvalue weighted by Crippen LogP contribution is 2.36. The topological polar surface area (TPSA) is 48.7 Å². The Morgan fingerprint density at radius 1 is 1.16 bits per heavy atom. The van der Waals surface area contributed by atoms with Crippen LogP contribution in [0.2, 0.25) is 0 Å². The van der Waals surface area contributed by atoms with Crippen molar-refractivity contribution in [1.29, 1.82) is 0 Å². The minimum atomic E-state index is -0.406. The molecule has 0 unspecified atom stereocenters. The molecule has 0 aromatic carbocycles. The van der Waals surface area contributed by atoms with Crippen LogP contribution in [0.4, 0.5) is 0 Å². The molecule has 1 aliphatic heterocycles. The summed E-state index contributed by atoms with van der Waals surface area (Å²) in [4.78, 5) is 0. The molecule has 1 fully saturated rings. The fourth-order valence-corrected chi connectivity index (χ4v) is 2.25. The number of nitrogens with zero attached hydrogens (tertiary/aromatic N) is 3. The minimum absolute atomic E-state index is 0.349. The molecule has 6 heteroatoms. The molecule has 2 aromatic heterocycles. The summed E-state index contributed by atoms with van der Waals surface area (Å²) in [6.45, 7) is 10.2. The van der Waals surface area contributed by atoms with Gasteiger partial charge in [-0.3, -0.25) is 4.40 Å². The Morgan fingerprint density at radius 2 is 1.79 bits per heavy atom. The number of hydrogen-bond acceptors (Lipinski definition) is 4. The fourth-order valence-electron chi connectivity index (χ4n) is 2.25. The predicted octanol–water partition coefficient (Wildman–Crippen LogP) is 1.34. The molecule has 5 nitrogen and oxygen atoms in total. The third kappa shape index (κ3) is 1.86. The van der Waals surface area contributed by atoms with Crippen molar-refractivity contribution in [2.24, 2.45) is 0 Å². The maximum Gasteiger partial charge on any atom is 0.498 e. The lowest BCUT2D eigenvalue weighted by atomic mass is 9.79. The average molecular weight is 259 g/mol. The molecule has 0 radical (unpaired) electrons. The number of aryl methyl sites for hydroxylation is 1. The van der Waals surface area contributed by atoms with Gasteiger partial charge >= 0.3 is 7.12 Å². The van der Waals surface area contributed by atoms with Gasteiger partial charge in [-0.15, -0.1) is 10.2 Å². The maximum absolute atomic E-state index is 6.08. The lowest BCUT2D eigenvalue weighted by molar-refractivity contribution is 0.00578. The minimum Gasteiger partial charge on any atom is -0.399 e. The first-order valence-electron chi connectivity index (χ1n) is 6.46. The van der Waals surface area contributed by atoms with E-state index in [1.807, 2.05) is 51.3 Å². The average Bonchev–Trinajstić information content (AvgIpc) is 2.80. The molecule has 0 saturated carbocycles. The van der Waals surface area contributed by atoms with Gasteiger partial charge < -0.3 is 9.31 Å². The van der Waals surface area contributed by atoms with E-state index in [1.165, 1.54) is 0 Å². The van der Waals surface area contributed by atoms with Crippen molar-refractivity contribution in [1.82, 2.24) is 14.6 Å². The third-order valence-corrected chi connectivity index (χ3v) is 4.06. The van der Waals surface area contributed by atoms with E-state index < -0.39 is 7.12 Å². The molecule has 3 rings (SSSR count). The molecule has 0 spiro atoms. The van der Waals surface area contributed by atoms with Crippen molar-refractivity contribution in [2.45, 2.75) is 45.8 Å². The molecule has 0 amide bonds. The van der Waals surface area contributed by atoms with Crippen LogP contribution in [0, 0.1) is 6.92 Å². The van der Waals surface area contributed by atoms with Crippen molar-refractivity contribution >= 4 is 18.2 Å². The Labute approximate surface area is 113 Å². The van der Waals surface area contributed by atoms with Gasteiger partial charge in [-0.1, -0.05) is 6.07 Å². The molecule has 0 bridgehead atoms. The summed E-state index contributed by atoms with van der Waals surface area (Å²) in [6, 6.07) is 2.05. The molecule has 0 atom stereocenters. The smallest absolute Gasteiger partial charge is 0.399 e. The Bertz CT molecular complexity index is 620. The quantitative estimate of drug-likeness (QED) is 0.725. The van der Waals surface area contributed by atoms with E-state index in [0.29, 0.717) is 0 Å². The second-order valence-electron chi connectivity index (χ2n) is 6.12. The maximum atomic E-state index is 6.08. The number of hydrogen-bond donors (Lipinski definition) is 0. The highest BCUT2D eigenvalue weighted by Gasteiger charge is 2.52. The summed E-state index contributed by atoms with van der Waals surface area (Å²) in [5, 5.41) is 8.10. The SMILES string of the molecule is Cc1cc(B2OC(C)(C)C(C)(C)O2)c2nncn2c1. The molecule has 3 heterocycles. The van der Waals surface area contributed by atoms with E-state index in [0.717, 1.165) is 16.7 Å². The van der Waals surface area contributed by atoms with Crippen LogP contribution < -0.4 is 5.46 Å². The van der Waals surface area contributed by atoms with Gasteiger partial charge in [0.05, 0.1) is 11.2 Å². The van der Waals surface area contributed by atoms with E-state index >= 15 is 0 Å². The van der Waals surface area contributed by atoms with Gasteiger partial charge in [0.15, 0.2) is 5.65 Å². The summed E-state index contributed by atoms with van der Waals surface area (Å²) in [5.41, 5.74) is 2.13. The monoisotopic (exact) mass is 259 g/mol. The van der Waals surface area contributed by atoms with E-state index in [2.05, 4.69) is 10.2 Å². The van der Waals surface area contributed by atoms with Crippen LogP contribution in [-0.2, 0) is 9.31 Å². The van der Waals surface area contributed by atoms with E-state index in [-0.39, 0.29) is 11.2 Å². The van der Waals surface area contributed by atoms with Gasteiger partial charge in [0.1, 0.15) is 6.33 Å². The van der Waals surface area contributed by atoms with Gasteiger partial charge in [-0.05, 0) is 40.2 Å². The molecule has 1 aliphatic rings.